The molecule has 0 heterocycles. The third kappa shape index (κ3) is 2.09. The minimum Gasteiger partial charge on any atom is -0.384 e. The first-order valence-electron chi connectivity index (χ1n) is 5.48. The van der Waals surface area contributed by atoms with E-state index < -0.39 is 0 Å². The van der Waals surface area contributed by atoms with Crippen molar-refractivity contribution in [2.45, 2.75) is 33.6 Å². The van der Waals surface area contributed by atoms with Crippen LogP contribution in [0.4, 0.5) is 5.69 Å². The fourth-order valence-electron chi connectivity index (χ4n) is 2.03. The second-order valence-corrected chi connectivity index (χ2v) is 4.60. The van der Waals surface area contributed by atoms with Crippen LogP contribution in [0.1, 0.15) is 29.5 Å². The highest BCUT2D eigenvalue weighted by molar-refractivity contribution is 5.58. The molecule has 0 amide bonds. The molecular weight excluding hydrogens is 170 g/mol. The molecule has 14 heavy (non-hydrogen) atoms. The van der Waals surface area contributed by atoms with E-state index in [4.69, 9.17) is 0 Å². The molecule has 0 atom stereocenters. The van der Waals surface area contributed by atoms with Gasteiger partial charge in [0.05, 0.1) is 0 Å². The van der Waals surface area contributed by atoms with Crippen molar-refractivity contribution in [3.8, 4) is 0 Å². The van der Waals surface area contributed by atoms with Crippen molar-refractivity contribution in [1.82, 2.24) is 0 Å². The van der Waals surface area contributed by atoms with Gasteiger partial charge in [0.25, 0.3) is 0 Å². The minimum atomic E-state index is 0.940. The summed E-state index contributed by atoms with van der Waals surface area (Å²) in [5.74, 6) is 0.940. The van der Waals surface area contributed by atoms with Gasteiger partial charge in [-0.3, -0.25) is 0 Å². The molecule has 0 unspecified atom stereocenters. The van der Waals surface area contributed by atoms with E-state index in [2.05, 4.69) is 38.2 Å². The molecule has 1 aliphatic rings. The van der Waals surface area contributed by atoms with Crippen LogP contribution in [0.2, 0.25) is 0 Å². The van der Waals surface area contributed by atoms with Gasteiger partial charge in [-0.1, -0.05) is 17.7 Å². The summed E-state index contributed by atoms with van der Waals surface area (Å²) in [5, 5.41) is 3.57. The lowest BCUT2D eigenvalue weighted by atomic mass is 10.1. The maximum Gasteiger partial charge on any atom is 0.0399 e. The van der Waals surface area contributed by atoms with Gasteiger partial charge < -0.3 is 5.32 Å². The topological polar surface area (TPSA) is 12.0 Å². The highest BCUT2D eigenvalue weighted by atomic mass is 14.9. The van der Waals surface area contributed by atoms with Gasteiger partial charge in [-0.05, 0) is 50.7 Å². The Balaban J connectivity index is 2.13. The molecule has 1 heteroatoms. The number of benzene rings is 1. The lowest BCUT2D eigenvalue weighted by molar-refractivity contribution is 0.886. The van der Waals surface area contributed by atoms with Crippen LogP contribution in [0.25, 0.3) is 0 Å². The van der Waals surface area contributed by atoms with Crippen LogP contribution in [0, 0.1) is 26.7 Å². The van der Waals surface area contributed by atoms with Crippen LogP contribution in [-0.2, 0) is 0 Å². The van der Waals surface area contributed by atoms with E-state index in [0.717, 1.165) is 12.5 Å². The van der Waals surface area contributed by atoms with E-state index in [1.165, 1.54) is 35.2 Å². The van der Waals surface area contributed by atoms with Gasteiger partial charge in [0.15, 0.2) is 0 Å². The Morgan fingerprint density at radius 2 is 1.71 bits per heavy atom. The Hall–Kier alpha value is -0.980. The van der Waals surface area contributed by atoms with Crippen molar-refractivity contribution in [2.24, 2.45) is 5.92 Å². The number of hydrogen-bond acceptors (Lipinski definition) is 1. The first-order chi connectivity index (χ1) is 6.66. The number of aryl methyl sites for hydroxylation is 3. The summed E-state index contributed by atoms with van der Waals surface area (Å²) < 4.78 is 0. The molecule has 1 N–H and O–H groups in total. The molecule has 1 fully saturated rings. The lowest BCUT2D eigenvalue weighted by Crippen LogP contribution is -2.06. The molecular formula is C13H19N. The van der Waals surface area contributed by atoms with Gasteiger partial charge in [0.2, 0.25) is 0 Å². The zero-order valence-corrected chi connectivity index (χ0v) is 9.35. The molecule has 1 nitrogen and oxygen atoms in total. The molecule has 0 aliphatic heterocycles. The number of nitrogens with one attached hydrogen (secondary N) is 1. The van der Waals surface area contributed by atoms with Crippen LogP contribution < -0.4 is 5.32 Å². The van der Waals surface area contributed by atoms with Crippen LogP contribution in [-0.4, -0.2) is 6.54 Å². The number of hydrogen-bond donors (Lipinski definition) is 1. The molecule has 0 bridgehead atoms. The van der Waals surface area contributed by atoms with Crippen molar-refractivity contribution in [2.75, 3.05) is 11.9 Å². The predicted octanol–water partition coefficient (Wildman–Crippen LogP) is 3.43. The van der Waals surface area contributed by atoms with E-state index in [-0.39, 0.29) is 0 Å². The summed E-state index contributed by atoms with van der Waals surface area (Å²) >= 11 is 0. The van der Waals surface area contributed by atoms with Gasteiger partial charge in [-0.15, -0.1) is 0 Å². The van der Waals surface area contributed by atoms with Crippen LogP contribution >= 0.6 is 0 Å². The first kappa shape index (κ1) is 9.57. The second-order valence-electron chi connectivity index (χ2n) is 4.60. The zero-order chi connectivity index (χ0) is 10.1. The fraction of sp³-hybridized carbons (Fsp3) is 0.538. The number of rotatable bonds is 3. The van der Waals surface area contributed by atoms with Crippen LogP contribution in [0.5, 0.6) is 0 Å². The summed E-state index contributed by atoms with van der Waals surface area (Å²) in [7, 11) is 0. The summed E-state index contributed by atoms with van der Waals surface area (Å²) in [6.07, 6.45) is 2.83. The van der Waals surface area contributed by atoms with E-state index in [0.29, 0.717) is 0 Å². The average molecular weight is 189 g/mol. The molecule has 1 aromatic rings. The standard InChI is InChI=1S/C13H19N/c1-9-6-10(2)13(11(3)7-9)14-8-12-4-5-12/h6-7,12,14H,4-5,8H2,1-3H3. The first-order valence-corrected chi connectivity index (χ1v) is 5.48. The van der Waals surface area contributed by atoms with E-state index in [1.807, 2.05) is 0 Å². The molecule has 1 aliphatic carbocycles. The van der Waals surface area contributed by atoms with Gasteiger partial charge in [0, 0.05) is 12.2 Å². The smallest absolute Gasteiger partial charge is 0.0399 e. The molecule has 0 spiro atoms. The Morgan fingerprint density at radius 1 is 1.14 bits per heavy atom. The fourth-order valence-corrected chi connectivity index (χ4v) is 2.03. The second kappa shape index (κ2) is 3.64. The summed E-state index contributed by atoms with van der Waals surface area (Å²) in [4.78, 5) is 0. The maximum absolute atomic E-state index is 3.57. The average Bonchev–Trinajstić information content (AvgIpc) is 2.85. The van der Waals surface area contributed by atoms with Gasteiger partial charge in [-0.2, -0.15) is 0 Å². The van der Waals surface area contributed by atoms with Crippen LogP contribution in [0.15, 0.2) is 12.1 Å². The van der Waals surface area contributed by atoms with E-state index in [1.54, 1.807) is 0 Å². The highest BCUT2D eigenvalue weighted by Gasteiger charge is 2.21. The highest BCUT2D eigenvalue weighted by Crippen LogP contribution is 2.30. The third-order valence-corrected chi connectivity index (χ3v) is 2.94. The summed E-state index contributed by atoms with van der Waals surface area (Å²) in [5.41, 5.74) is 5.46. The van der Waals surface area contributed by atoms with Crippen molar-refractivity contribution in [3.05, 3.63) is 28.8 Å². The SMILES string of the molecule is Cc1cc(C)c(NCC2CC2)c(C)c1. The van der Waals surface area contributed by atoms with Gasteiger partial charge in [-0.25, -0.2) is 0 Å². The summed E-state index contributed by atoms with van der Waals surface area (Å²) in [6.45, 7) is 7.69. The Labute approximate surface area is 86.5 Å². The molecule has 0 saturated heterocycles. The number of anilines is 1. The molecule has 1 saturated carbocycles. The maximum atomic E-state index is 3.57. The monoisotopic (exact) mass is 189 g/mol. The zero-order valence-electron chi connectivity index (χ0n) is 9.35. The molecule has 2 rings (SSSR count). The quantitative estimate of drug-likeness (QED) is 0.768. The minimum absolute atomic E-state index is 0.940. The molecule has 1 aromatic carbocycles. The Kier molecular flexibility index (Phi) is 2.49. The van der Waals surface area contributed by atoms with Gasteiger partial charge >= 0.3 is 0 Å². The predicted molar refractivity (Wildman–Crippen MR) is 61.9 cm³/mol. The van der Waals surface area contributed by atoms with E-state index >= 15 is 0 Å². The molecule has 0 radical (unpaired) electrons. The van der Waals surface area contributed by atoms with Gasteiger partial charge in [0.1, 0.15) is 0 Å². The summed E-state index contributed by atoms with van der Waals surface area (Å²) in [6, 6.07) is 4.50. The molecule has 0 aromatic heterocycles. The van der Waals surface area contributed by atoms with Crippen molar-refractivity contribution < 1.29 is 0 Å². The van der Waals surface area contributed by atoms with Crippen molar-refractivity contribution in [3.63, 3.8) is 0 Å². The van der Waals surface area contributed by atoms with Crippen molar-refractivity contribution in [1.29, 1.82) is 0 Å². The normalized spacial score (nSPS) is 15.6. The Bertz CT molecular complexity index is 314. The van der Waals surface area contributed by atoms with Crippen LogP contribution in [0.3, 0.4) is 0 Å². The Morgan fingerprint density at radius 3 is 2.21 bits per heavy atom. The van der Waals surface area contributed by atoms with E-state index in [9.17, 15) is 0 Å². The lowest BCUT2D eigenvalue weighted by Gasteiger charge is -2.13. The third-order valence-electron chi connectivity index (χ3n) is 2.94. The largest absolute Gasteiger partial charge is 0.384 e. The molecule has 76 valence electrons. The van der Waals surface area contributed by atoms with Crippen molar-refractivity contribution >= 4 is 5.69 Å².